The van der Waals surface area contributed by atoms with Crippen LogP contribution in [0.5, 0.6) is 11.5 Å². The quantitative estimate of drug-likeness (QED) is 0.452. The van der Waals surface area contributed by atoms with E-state index >= 15 is 0 Å². The number of nitrogens with one attached hydrogen (secondary N) is 1. The third kappa shape index (κ3) is 6.59. The van der Waals surface area contributed by atoms with Crippen molar-refractivity contribution < 1.29 is 22.7 Å². The highest BCUT2D eigenvalue weighted by atomic mass is 32.2. The Hall–Kier alpha value is -3.36. The normalized spacial score (nSPS) is 11.3. The first-order chi connectivity index (χ1) is 16.3. The molecule has 0 fully saturated rings. The van der Waals surface area contributed by atoms with Gasteiger partial charge in [0.25, 0.3) is 0 Å². The predicted molar refractivity (Wildman–Crippen MR) is 131 cm³/mol. The molecular formula is C26H30N2O5S. The average Bonchev–Trinajstić information content (AvgIpc) is 2.86. The molecule has 0 heterocycles. The highest BCUT2D eigenvalue weighted by Crippen LogP contribution is 2.28. The molecule has 3 aromatic carbocycles. The summed E-state index contributed by atoms with van der Waals surface area (Å²) in [5.74, 6) is 0.577. The average molecular weight is 483 g/mol. The van der Waals surface area contributed by atoms with Crippen LogP contribution in [-0.2, 0) is 27.8 Å². The molecule has 0 saturated heterocycles. The van der Waals surface area contributed by atoms with Crippen LogP contribution >= 0.6 is 0 Å². The van der Waals surface area contributed by atoms with Crippen LogP contribution in [0, 0.1) is 6.92 Å². The molecule has 3 rings (SSSR count). The van der Waals surface area contributed by atoms with Gasteiger partial charge in [0.05, 0.1) is 20.8 Å². The highest BCUT2D eigenvalue weighted by molar-refractivity contribution is 7.89. The van der Waals surface area contributed by atoms with Gasteiger partial charge in [-0.25, -0.2) is 8.42 Å². The minimum Gasteiger partial charge on any atom is -0.497 e. The summed E-state index contributed by atoms with van der Waals surface area (Å²) < 4.78 is 38.9. The van der Waals surface area contributed by atoms with Crippen molar-refractivity contribution >= 4 is 15.9 Å². The van der Waals surface area contributed by atoms with Crippen LogP contribution in [0.15, 0.2) is 77.7 Å². The molecule has 0 aliphatic carbocycles. The minimum atomic E-state index is -3.99. The Morgan fingerprint density at radius 3 is 2.26 bits per heavy atom. The first-order valence-electron chi connectivity index (χ1n) is 10.9. The molecule has 34 heavy (non-hydrogen) atoms. The van der Waals surface area contributed by atoms with Crippen LogP contribution in [-0.4, -0.2) is 45.9 Å². The number of benzene rings is 3. The second-order valence-electron chi connectivity index (χ2n) is 7.85. The zero-order chi connectivity index (χ0) is 24.6. The largest absolute Gasteiger partial charge is 0.497 e. The number of hydrogen-bond donors (Lipinski definition) is 1. The maximum atomic E-state index is 13.6. The van der Waals surface area contributed by atoms with E-state index in [2.05, 4.69) is 5.32 Å². The SMILES string of the molecule is COc1ccc(CNC(=O)CN(CCc2ccccc2)S(=O)(=O)c2cc(C)ccc2OC)cc1. The van der Waals surface area contributed by atoms with Crippen molar-refractivity contribution in [3.05, 3.63) is 89.5 Å². The Morgan fingerprint density at radius 2 is 1.62 bits per heavy atom. The summed E-state index contributed by atoms with van der Waals surface area (Å²) in [4.78, 5) is 12.8. The van der Waals surface area contributed by atoms with Gasteiger partial charge < -0.3 is 14.8 Å². The topological polar surface area (TPSA) is 84.9 Å². The van der Waals surface area contributed by atoms with Crippen LogP contribution in [0.4, 0.5) is 0 Å². The van der Waals surface area contributed by atoms with Crippen molar-refractivity contribution in [3.63, 3.8) is 0 Å². The molecule has 0 bridgehead atoms. The molecule has 0 atom stereocenters. The molecule has 8 heteroatoms. The van der Waals surface area contributed by atoms with E-state index in [1.165, 1.54) is 11.4 Å². The molecule has 0 aromatic heterocycles. The lowest BCUT2D eigenvalue weighted by Gasteiger charge is -2.23. The van der Waals surface area contributed by atoms with E-state index in [4.69, 9.17) is 9.47 Å². The Bertz CT molecular complexity index is 1200. The number of amides is 1. The van der Waals surface area contributed by atoms with Crippen molar-refractivity contribution in [2.24, 2.45) is 0 Å². The van der Waals surface area contributed by atoms with Crippen molar-refractivity contribution in [3.8, 4) is 11.5 Å². The Kier molecular flexibility index (Phi) is 8.67. The van der Waals surface area contributed by atoms with E-state index in [0.717, 1.165) is 22.4 Å². The monoisotopic (exact) mass is 482 g/mol. The number of carbonyl (C=O) groups is 1. The maximum absolute atomic E-state index is 13.6. The van der Waals surface area contributed by atoms with Gasteiger partial charge in [0, 0.05) is 13.1 Å². The molecule has 1 amide bonds. The third-order valence-electron chi connectivity index (χ3n) is 5.40. The van der Waals surface area contributed by atoms with E-state index in [-0.39, 0.29) is 36.2 Å². The maximum Gasteiger partial charge on any atom is 0.247 e. The van der Waals surface area contributed by atoms with Crippen LogP contribution in [0.3, 0.4) is 0 Å². The highest BCUT2D eigenvalue weighted by Gasteiger charge is 2.29. The van der Waals surface area contributed by atoms with Crippen LogP contribution in [0.1, 0.15) is 16.7 Å². The summed E-state index contributed by atoms with van der Waals surface area (Å²) in [5, 5.41) is 2.81. The molecule has 0 unspecified atom stereocenters. The molecule has 0 radical (unpaired) electrons. The predicted octanol–water partition coefficient (Wildman–Crippen LogP) is 3.56. The van der Waals surface area contributed by atoms with Gasteiger partial charge >= 0.3 is 0 Å². The minimum absolute atomic E-state index is 0.0472. The number of methoxy groups -OCH3 is 2. The van der Waals surface area contributed by atoms with Gasteiger partial charge in [-0.3, -0.25) is 4.79 Å². The molecule has 3 aromatic rings. The van der Waals surface area contributed by atoms with Crippen molar-refractivity contribution in [1.29, 1.82) is 0 Å². The van der Waals surface area contributed by atoms with Crippen molar-refractivity contribution in [2.75, 3.05) is 27.3 Å². The number of ether oxygens (including phenoxy) is 2. The summed E-state index contributed by atoms with van der Waals surface area (Å²) >= 11 is 0. The fourth-order valence-electron chi connectivity index (χ4n) is 3.47. The smallest absolute Gasteiger partial charge is 0.247 e. The number of carbonyl (C=O) groups excluding carboxylic acids is 1. The zero-order valence-electron chi connectivity index (χ0n) is 19.7. The molecule has 0 aliphatic rings. The lowest BCUT2D eigenvalue weighted by molar-refractivity contribution is -0.121. The van der Waals surface area contributed by atoms with E-state index in [0.29, 0.717) is 6.42 Å². The van der Waals surface area contributed by atoms with E-state index in [1.54, 1.807) is 25.3 Å². The Morgan fingerprint density at radius 1 is 0.912 bits per heavy atom. The Balaban J connectivity index is 1.79. The second-order valence-corrected chi connectivity index (χ2v) is 9.76. The summed E-state index contributed by atoms with van der Waals surface area (Å²) in [6.07, 6.45) is 0.472. The van der Waals surface area contributed by atoms with Crippen molar-refractivity contribution in [2.45, 2.75) is 24.8 Å². The van der Waals surface area contributed by atoms with E-state index < -0.39 is 10.0 Å². The first-order valence-corrected chi connectivity index (χ1v) is 12.4. The fraction of sp³-hybridized carbons (Fsp3) is 0.269. The van der Waals surface area contributed by atoms with E-state index in [1.807, 2.05) is 61.5 Å². The van der Waals surface area contributed by atoms with Gasteiger partial charge in [0.2, 0.25) is 15.9 Å². The first kappa shape index (κ1) is 25.3. The molecule has 1 N–H and O–H groups in total. The zero-order valence-corrected chi connectivity index (χ0v) is 20.5. The lowest BCUT2D eigenvalue weighted by atomic mass is 10.1. The lowest BCUT2D eigenvalue weighted by Crippen LogP contribution is -2.41. The molecule has 7 nitrogen and oxygen atoms in total. The summed E-state index contributed by atoms with van der Waals surface area (Å²) in [5.41, 5.74) is 2.65. The summed E-state index contributed by atoms with van der Waals surface area (Å²) in [7, 11) is -0.975. The number of aryl methyl sites for hydroxylation is 1. The standard InChI is InChI=1S/C26H30N2O5S/c1-20-9-14-24(33-3)25(17-20)34(30,31)28(16-15-21-7-5-4-6-8-21)19-26(29)27-18-22-10-12-23(32-2)13-11-22/h4-14,17H,15-16,18-19H2,1-3H3,(H,27,29). The van der Waals surface area contributed by atoms with Gasteiger partial charge in [-0.15, -0.1) is 0 Å². The number of sulfonamides is 1. The van der Waals surface area contributed by atoms with Crippen LogP contribution in [0.25, 0.3) is 0 Å². The molecule has 0 aliphatic heterocycles. The second kappa shape index (κ2) is 11.7. The van der Waals surface area contributed by atoms with Crippen LogP contribution < -0.4 is 14.8 Å². The van der Waals surface area contributed by atoms with Gasteiger partial charge in [-0.1, -0.05) is 48.5 Å². The molecular weight excluding hydrogens is 452 g/mol. The van der Waals surface area contributed by atoms with Gasteiger partial charge in [0.15, 0.2) is 0 Å². The number of rotatable bonds is 11. The van der Waals surface area contributed by atoms with E-state index in [9.17, 15) is 13.2 Å². The van der Waals surface area contributed by atoms with Gasteiger partial charge in [-0.2, -0.15) is 4.31 Å². The molecule has 0 spiro atoms. The van der Waals surface area contributed by atoms with Crippen LogP contribution in [0.2, 0.25) is 0 Å². The number of nitrogens with zero attached hydrogens (tertiary/aromatic N) is 1. The molecule has 180 valence electrons. The summed E-state index contributed by atoms with van der Waals surface area (Å²) in [6, 6.07) is 21.9. The number of hydrogen-bond acceptors (Lipinski definition) is 5. The fourth-order valence-corrected chi connectivity index (χ4v) is 5.10. The van der Waals surface area contributed by atoms with Crippen molar-refractivity contribution in [1.82, 2.24) is 9.62 Å². The van der Waals surface area contributed by atoms with Gasteiger partial charge in [-0.05, 0) is 54.3 Å². The third-order valence-corrected chi connectivity index (χ3v) is 7.26. The van der Waals surface area contributed by atoms with Gasteiger partial charge in [0.1, 0.15) is 16.4 Å². The Labute approximate surface area is 201 Å². The summed E-state index contributed by atoms with van der Waals surface area (Å²) in [6.45, 7) is 1.94. The molecule has 0 saturated carbocycles.